The highest BCUT2D eigenvalue weighted by Gasteiger charge is 2.09. The van der Waals surface area contributed by atoms with Crippen LogP contribution in [-0.2, 0) is 17.6 Å². The van der Waals surface area contributed by atoms with Gasteiger partial charge in [0.2, 0.25) is 5.91 Å². The van der Waals surface area contributed by atoms with Gasteiger partial charge in [0.1, 0.15) is 0 Å². The van der Waals surface area contributed by atoms with Crippen molar-refractivity contribution in [3.05, 3.63) is 83.0 Å². The van der Waals surface area contributed by atoms with Crippen molar-refractivity contribution in [3.63, 3.8) is 0 Å². The van der Waals surface area contributed by atoms with Crippen molar-refractivity contribution in [1.29, 1.82) is 0 Å². The summed E-state index contributed by atoms with van der Waals surface area (Å²) >= 11 is 1.53. The Bertz CT molecular complexity index is 1020. The lowest BCUT2D eigenvalue weighted by Crippen LogP contribution is -2.11. The van der Waals surface area contributed by atoms with E-state index < -0.39 is 0 Å². The highest BCUT2D eigenvalue weighted by atomic mass is 32.1. The maximum atomic E-state index is 12.3. The number of fused-ring (bicyclic) bond motifs is 1. The number of nitrogens with zero attached hydrogens (tertiary/aromatic N) is 1. The molecule has 0 bridgehead atoms. The van der Waals surface area contributed by atoms with E-state index in [1.807, 2.05) is 48.8 Å². The van der Waals surface area contributed by atoms with Gasteiger partial charge in [-0.05, 0) is 23.6 Å². The Morgan fingerprint density at radius 2 is 1.88 bits per heavy atom. The number of aromatic amines is 1. The van der Waals surface area contributed by atoms with E-state index in [1.54, 1.807) is 0 Å². The average molecular weight is 361 g/mol. The quantitative estimate of drug-likeness (QED) is 0.519. The minimum Gasteiger partial charge on any atom is -0.361 e. The summed E-state index contributed by atoms with van der Waals surface area (Å²) in [5, 5.41) is 4.76. The van der Waals surface area contributed by atoms with Crippen molar-refractivity contribution in [2.75, 3.05) is 5.32 Å². The minimum absolute atomic E-state index is 0.00380. The van der Waals surface area contributed by atoms with Crippen molar-refractivity contribution in [2.45, 2.75) is 19.3 Å². The number of anilines is 1. The van der Waals surface area contributed by atoms with E-state index in [0.717, 1.165) is 16.8 Å². The molecule has 130 valence electrons. The number of hydrogen-bond donors (Lipinski definition) is 2. The van der Waals surface area contributed by atoms with Gasteiger partial charge >= 0.3 is 0 Å². The van der Waals surface area contributed by atoms with E-state index in [-0.39, 0.29) is 5.91 Å². The molecule has 0 saturated carbocycles. The molecule has 1 amide bonds. The van der Waals surface area contributed by atoms with Crippen molar-refractivity contribution in [3.8, 4) is 0 Å². The van der Waals surface area contributed by atoms with Gasteiger partial charge in [0, 0.05) is 41.0 Å². The van der Waals surface area contributed by atoms with Gasteiger partial charge in [-0.25, -0.2) is 4.98 Å². The predicted octanol–water partition coefficient (Wildman–Crippen LogP) is 4.79. The zero-order valence-electron chi connectivity index (χ0n) is 14.2. The van der Waals surface area contributed by atoms with Crippen molar-refractivity contribution in [1.82, 2.24) is 9.97 Å². The number of rotatable bonds is 6. The second-order valence-corrected chi connectivity index (χ2v) is 7.32. The van der Waals surface area contributed by atoms with Crippen molar-refractivity contribution < 1.29 is 4.79 Å². The van der Waals surface area contributed by atoms with E-state index in [9.17, 15) is 4.79 Å². The van der Waals surface area contributed by atoms with E-state index in [0.29, 0.717) is 18.0 Å². The van der Waals surface area contributed by atoms with E-state index >= 15 is 0 Å². The summed E-state index contributed by atoms with van der Waals surface area (Å²) in [6.45, 7) is 0. The molecule has 26 heavy (non-hydrogen) atoms. The third-order valence-corrected chi connectivity index (χ3v) is 5.23. The molecule has 0 saturated heterocycles. The van der Waals surface area contributed by atoms with Crippen molar-refractivity contribution in [2.24, 2.45) is 0 Å². The molecule has 0 aliphatic carbocycles. The number of carbonyl (C=O) groups excluding carboxylic acids is 1. The maximum absolute atomic E-state index is 12.3. The molecule has 0 fully saturated rings. The first-order chi connectivity index (χ1) is 12.8. The average Bonchev–Trinajstić information content (AvgIpc) is 3.28. The Kier molecular flexibility index (Phi) is 4.80. The first-order valence-electron chi connectivity index (χ1n) is 8.61. The fourth-order valence-corrected chi connectivity index (χ4v) is 3.88. The number of benzene rings is 2. The molecule has 0 spiro atoms. The van der Waals surface area contributed by atoms with Crippen molar-refractivity contribution >= 4 is 33.3 Å². The molecule has 4 nitrogen and oxygen atoms in total. The number of nitrogens with one attached hydrogen (secondary N) is 2. The first-order valence-corrected chi connectivity index (χ1v) is 9.43. The minimum atomic E-state index is -0.00380. The lowest BCUT2D eigenvalue weighted by Gasteiger charge is -2.01. The number of thiazole rings is 1. The number of amides is 1. The molecule has 0 aliphatic rings. The summed E-state index contributed by atoms with van der Waals surface area (Å²) in [6.07, 6.45) is 5.81. The van der Waals surface area contributed by atoms with Gasteiger partial charge in [0.25, 0.3) is 0 Å². The largest absolute Gasteiger partial charge is 0.361 e. The van der Waals surface area contributed by atoms with Crippen LogP contribution in [0, 0.1) is 0 Å². The van der Waals surface area contributed by atoms with Gasteiger partial charge in [0.15, 0.2) is 5.13 Å². The molecular formula is C21H19N3OS. The van der Waals surface area contributed by atoms with Crippen LogP contribution in [0.5, 0.6) is 0 Å². The second kappa shape index (κ2) is 7.54. The number of hydrogen-bond acceptors (Lipinski definition) is 3. The zero-order chi connectivity index (χ0) is 17.8. The number of H-pyrrole nitrogens is 1. The molecule has 0 unspecified atom stereocenters. The molecule has 0 aliphatic heterocycles. The van der Waals surface area contributed by atoms with Gasteiger partial charge < -0.3 is 10.3 Å². The topological polar surface area (TPSA) is 57.8 Å². The maximum Gasteiger partial charge on any atom is 0.226 e. The highest BCUT2D eigenvalue weighted by molar-refractivity contribution is 7.15. The molecule has 5 heteroatoms. The molecule has 2 heterocycles. The Hall–Kier alpha value is -2.92. The Morgan fingerprint density at radius 3 is 2.77 bits per heavy atom. The molecule has 4 rings (SSSR count). The van der Waals surface area contributed by atoms with E-state index in [4.69, 9.17) is 0 Å². The molecular weight excluding hydrogens is 342 g/mol. The van der Waals surface area contributed by atoms with Crippen LogP contribution in [-0.4, -0.2) is 15.9 Å². The third kappa shape index (κ3) is 3.83. The van der Waals surface area contributed by atoms with Crippen LogP contribution < -0.4 is 5.32 Å². The Balaban J connectivity index is 1.33. The lowest BCUT2D eigenvalue weighted by atomic mass is 10.1. The van der Waals surface area contributed by atoms with Crippen LogP contribution >= 0.6 is 11.3 Å². The van der Waals surface area contributed by atoms with Crippen LogP contribution in [0.4, 0.5) is 5.13 Å². The van der Waals surface area contributed by atoms with Crippen LogP contribution in [0.25, 0.3) is 10.9 Å². The number of aromatic nitrogens is 2. The fraction of sp³-hybridized carbons (Fsp3) is 0.143. The van der Waals surface area contributed by atoms with Crippen LogP contribution in [0.3, 0.4) is 0 Å². The molecule has 4 aromatic rings. The summed E-state index contributed by atoms with van der Waals surface area (Å²) in [7, 11) is 0. The van der Waals surface area contributed by atoms with Gasteiger partial charge in [-0.15, -0.1) is 11.3 Å². The molecule has 2 aromatic heterocycles. The highest BCUT2D eigenvalue weighted by Crippen LogP contribution is 2.22. The smallest absolute Gasteiger partial charge is 0.226 e. The van der Waals surface area contributed by atoms with E-state index in [1.165, 1.54) is 27.8 Å². The second-order valence-electron chi connectivity index (χ2n) is 6.20. The van der Waals surface area contributed by atoms with Crippen LogP contribution in [0.15, 0.2) is 67.0 Å². The standard InChI is InChI=1S/C21H19N3OS/c25-20(11-10-16-13-22-19-9-5-4-8-18(16)19)24-21-23-14-17(26-21)12-15-6-2-1-3-7-15/h1-9,13-14,22H,10-12H2,(H,23,24,25). The molecule has 0 atom stereocenters. The number of para-hydroxylation sites is 1. The summed E-state index contributed by atoms with van der Waals surface area (Å²) < 4.78 is 0. The lowest BCUT2D eigenvalue weighted by molar-refractivity contribution is -0.116. The SMILES string of the molecule is O=C(CCc1c[nH]c2ccccc12)Nc1ncc(Cc2ccccc2)s1. The van der Waals surface area contributed by atoms with Gasteiger partial charge in [-0.3, -0.25) is 4.79 Å². The number of aryl methyl sites for hydroxylation is 1. The third-order valence-electron chi connectivity index (χ3n) is 4.32. The summed E-state index contributed by atoms with van der Waals surface area (Å²) in [4.78, 5) is 21.0. The molecule has 2 N–H and O–H groups in total. The van der Waals surface area contributed by atoms with Crippen LogP contribution in [0.2, 0.25) is 0 Å². The summed E-state index contributed by atoms with van der Waals surface area (Å²) in [6, 6.07) is 18.4. The zero-order valence-corrected chi connectivity index (χ0v) is 15.1. The molecule has 2 aromatic carbocycles. The Morgan fingerprint density at radius 1 is 1.08 bits per heavy atom. The van der Waals surface area contributed by atoms with Gasteiger partial charge in [-0.2, -0.15) is 0 Å². The van der Waals surface area contributed by atoms with E-state index in [2.05, 4.69) is 33.5 Å². The molecule has 0 radical (unpaired) electrons. The summed E-state index contributed by atoms with van der Waals surface area (Å²) in [5.74, 6) is -0.00380. The van der Waals surface area contributed by atoms with Gasteiger partial charge in [0.05, 0.1) is 0 Å². The predicted molar refractivity (Wildman–Crippen MR) is 107 cm³/mol. The monoisotopic (exact) mass is 361 g/mol. The summed E-state index contributed by atoms with van der Waals surface area (Å²) in [5.41, 5.74) is 3.52. The van der Waals surface area contributed by atoms with Crippen LogP contribution in [0.1, 0.15) is 22.4 Å². The van der Waals surface area contributed by atoms with Gasteiger partial charge in [-0.1, -0.05) is 48.5 Å². The number of carbonyl (C=O) groups is 1. The normalized spacial score (nSPS) is 10.9. The Labute approximate surface area is 155 Å². The fourth-order valence-electron chi connectivity index (χ4n) is 3.01. The first kappa shape index (κ1) is 16.5.